The molecule has 14 heteroatoms. The van der Waals surface area contributed by atoms with Gasteiger partial charge in [-0.1, -0.05) is 0 Å². The number of fused-ring (bicyclic) bond motifs is 1. The molecule has 0 saturated heterocycles. The van der Waals surface area contributed by atoms with Gasteiger partial charge in [0.1, 0.15) is 17.2 Å². The van der Waals surface area contributed by atoms with Gasteiger partial charge in [0.15, 0.2) is 12.8 Å². The summed E-state index contributed by atoms with van der Waals surface area (Å²) in [6.07, 6.45) is -1.61. The van der Waals surface area contributed by atoms with Crippen molar-refractivity contribution in [3.8, 4) is 11.5 Å². The number of quaternary nitrogens is 1. The lowest BCUT2D eigenvalue weighted by Crippen LogP contribution is -2.43. The molecule has 0 unspecified atom stereocenters. The first-order valence-corrected chi connectivity index (χ1v) is 11.4. The van der Waals surface area contributed by atoms with Crippen LogP contribution in [0.25, 0.3) is 0 Å². The maximum Gasteiger partial charge on any atom is 0.295 e. The van der Waals surface area contributed by atoms with Crippen molar-refractivity contribution in [2.24, 2.45) is 10.1 Å². The van der Waals surface area contributed by atoms with Gasteiger partial charge in [0.2, 0.25) is 0 Å². The number of amides is 2. The molecule has 4 N–H and O–H groups in total. The molecule has 1 aliphatic rings. The molecule has 0 radical (unpaired) electrons. The Morgan fingerprint density at radius 1 is 1.18 bits per heavy atom. The fraction of sp³-hybridized carbons (Fsp3) is 0.333. The summed E-state index contributed by atoms with van der Waals surface area (Å²) in [5.74, 6) is -0.250. The summed E-state index contributed by atoms with van der Waals surface area (Å²) >= 11 is 0. The number of hydrogen-bond acceptors (Lipinski definition) is 10. The van der Waals surface area contributed by atoms with Crippen molar-refractivity contribution in [2.75, 3.05) is 52.5 Å². The molecule has 1 aliphatic heterocycles. The molecule has 38 heavy (non-hydrogen) atoms. The quantitative estimate of drug-likeness (QED) is 0.156. The highest BCUT2D eigenvalue weighted by Gasteiger charge is 2.26. The summed E-state index contributed by atoms with van der Waals surface area (Å²) in [5.41, 5.74) is 3.10. The Kier molecular flexibility index (Phi) is 8.60. The van der Waals surface area contributed by atoms with Crippen molar-refractivity contribution < 1.29 is 33.6 Å². The smallest absolute Gasteiger partial charge is 0.295 e. The van der Waals surface area contributed by atoms with Crippen LogP contribution < -0.4 is 25.5 Å². The van der Waals surface area contributed by atoms with Crippen molar-refractivity contribution in [1.82, 2.24) is 5.43 Å². The molecule has 3 rings (SSSR count). The highest BCUT2D eigenvalue weighted by molar-refractivity contribution is 6.46. The van der Waals surface area contributed by atoms with E-state index in [1.807, 2.05) is 21.1 Å². The van der Waals surface area contributed by atoms with Crippen molar-refractivity contribution in [2.45, 2.75) is 12.6 Å². The first-order chi connectivity index (χ1) is 17.9. The minimum absolute atomic E-state index is 0.0992. The molecule has 0 aliphatic carbocycles. The summed E-state index contributed by atoms with van der Waals surface area (Å²) in [6, 6.07) is 8.76. The SMILES string of the molecule is COc1ccc(NC(=O)/C(CC2=Nc3ccc([N+](=O)[O-])cc3N[C@H]2O)=N/NC(=O)C[N+](C)(C)C)c(OC)c1. The van der Waals surface area contributed by atoms with Crippen LogP contribution in [0.4, 0.5) is 22.7 Å². The summed E-state index contributed by atoms with van der Waals surface area (Å²) < 4.78 is 10.8. The second-order valence-corrected chi connectivity index (χ2v) is 9.35. The van der Waals surface area contributed by atoms with Gasteiger partial charge in [-0.3, -0.25) is 24.7 Å². The molecule has 0 aromatic heterocycles. The first-order valence-electron chi connectivity index (χ1n) is 11.4. The number of anilines is 2. The number of aliphatic hydroxyl groups is 1. The van der Waals surface area contributed by atoms with E-state index in [4.69, 9.17) is 9.47 Å². The van der Waals surface area contributed by atoms with Crippen LogP contribution in [-0.4, -0.2) is 85.9 Å². The zero-order valence-corrected chi connectivity index (χ0v) is 21.6. The topological polar surface area (TPSA) is 177 Å². The molecule has 0 fully saturated rings. The van der Waals surface area contributed by atoms with Gasteiger partial charge in [-0.05, 0) is 18.2 Å². The molecule has 1 atom stereocenters. The third-order valence-corrected chi connectivity index (χ3v) is 5.26. The van der Waals surface area contributed by atoms with Crippen LogP contribution in [0, 0.1) is 10.1 Å². The summed E-state index contributed by atoms with van der Waals surface area (Å²) in [5, 5.41) is 31.1. The zero-order chi connectivity index (χ0) is 28.0. The van der Waals surface area contributed by atoms with Crippen molar-refractivity contribution in [3.63, 3.8) is 0 Å². The molecular formula is C24H30N7O7+. The van der Waals surface area contributed by atoms with Gasteiger partial charge >= 0.3 is 0 Å². The van der Waals surface area contributed by atoms with E-state index in [1.54, 1.807) is 18.2 Å². The van der Waals surface area contributed by atoms with Crippen molar-refractivity contribution in [1.29, 1.82) is 0 Å². The van der Waals surface area contributed by atoms with Gasteiger partial charge in [0.05, 0.1) is 63.1 Å². The Bertz CT molecular complexity index is 1300. The third kappa shape index (κ3) is 7.24. The number of rotatable bonds is 10. The summed E-state index contributed by atoms with van der Waals surface area (Å²) in [7, 11) is 8.41. The number of carbonyl (C=O) groups excluding carboxylic acids is 2. The maximum atomic E-state index is 13.3. The summed E-state index contributed by atoms with van der Waals surface area (Å²) in [4.78, 5) is 40.5. The molecule has 2 amide bonds. The third-order valence-electron chi connectivity index (χ3n) is 5.26. The van der Waals surface area contributed by atoms with E-state index in [0.29, 0.717) is 27.4 Å². The Morgan fingerprint density at radius 3 is 2.55 bits per heavy atom. The average Bonchev–Trinajstić information content (AvgIpc) is 2.85. The molecular weight excluding hydrogens is 498 g/mol. The van der Waals surface area contributed by atoms with E-state index >= 15 is 0 Å². The fourth-order valence-electron chi connectivity index (χ4n) is 3.47. The van der Waals surface area contributed by atoms with Gasteiger partial charge in [0, 0.05) is 24.6 Å². The predicted octanol–water partition coefficient (Wildman–Crippen LogP) is 1.64. The Morgan fingerprint density at radius 2 is 1.92 bits per heavy atom. The number of carbonyl (C=O) groups is 2. The van der Waals surface area contributed by atoms with Crippen molar-refractivity contribution in [3.05, 3.63) is 46.5 Å². The van der Waals surface area contributed by atoms with E-state index in [0.717, 1.165) is 0 Å². The lowest BCUT2D eigenvalue weighted by atomic mass is 10.1. The van der Waals surface area contributed by atoms with E-state index in [9.17, 15) is 24.8 Å². The number of methoxy groups -OCH3 is 2. The number of nitro groups is 1. The maximum absolute atomic E-state index is 13.3. The number of aliphatic hydroxyl groups excluding tert-OH is 1. The zero-order valence-electron chi connectivity index (χ0n) is 21.6. The Labute approximate surface area is 218 Å². The monoisotopic (exact) mass is 528 g/mol. The van der Waals surface area contributed by atoms with Crippen LogP contribution in [0.5, 0.6) is 11.5 Å². The summed E-state index contributed by atoms with van der Waals surface area (Å²) in [6.45, 7) is 0.0992. The van der Waals surface area contributed by atoms with E-state index in [-0.39, 0.29) is 35.8 Å². The van der Waals surface area contributed by atoms with E-state index < -0.39 is 23.0 Å². The molecule has 14 nitrogen and oxygen atoms in total. The largest absolute Gasteiger partial charge is 0.497 e. The van der Waals surface area contributed by atoms with E-state index in [2.05, 4.69) is 26.2 Å². The molecule has 0 spiro atoms. The minimum atomic E-state index is -1.36. The number of non-ortho nitro benzene ring substituents is 1. The molecule has 0 bridgehead atoms. The number of nitrogens with one attached hydrogen (secondary N) is 3. The lowest BCUT2D eigenvalue weighted by Gasteiger charge is -2.23. The number of ether oxygens (including phenoxy) is 2. The van der Waals surface area contributed by atoms with E-state index in [1.165, 1.54) is 32.4 Å². The number of nitrogens with zero attached hydrogens (tertiary/aromatic N) is 4. The normalized spacial score (nSPS) is 14.9. The molecule has 1 heterocycles. The molecule has 2 aromatic carbocycles. The van der Waals surface area contributed by atoms with Crippen LogP contribution in [0.2, 0.25) is 0 Å². The predicted molar refractivity (Wildman–Crippen MR) is 141 cm³/mol. The number of nitro benzene ring substituents is 1. The molecule has 0 saturated carbocycles. The van der Waals surface area contributed by atoms with Gasteiger partial charge in [-0.15, -0.1) is 0 Å². The average molecular weight is 529 g/mol. The van der Waals surface area contributed by atoms with Gasteiger partial charge < -0.3 is 29.7 Å². The number of hydrogen-bond donors (Lipinski definition) is 4. The van der Waals surface area contributed by atoms with Crippen LogP contribution in [-0.2, 0) is 9.59 Å². The van der Waals surface area contributed by atoms with Crippen LogP contribution in [0.15, 0.2) is 46.5 Å². The van der Waals surface area contributed by atoms with Crippen LogP contribution in [0.3, 0.4) is 0 Å². The number of likely N-dealkylation sites (N-methyl/N-ethyl adjacent to an activating group) is 1. The second-order valence-electron chi connectivity index (χ2n) is 9.35. The van der Waals surface area contributed by atoms with Crippen LogP contribution in [0.1, 0.15) is 6.42 Å². The van der Waals surface area contributed by atoms with Crippen LogP contribution >= 0.6 is 0 Å². The van der Waals surface area contributed by atoms with Gasteiger partial charge in [-0.2, -0.15) is 5.10 Å². The Balaban J connectivity index is 1.91. The minimum Gasteiger partial charge on any atom is -0.497 e. The van der Waals surface area contributed by atoms with Crippen molar-refractivity contribution >= 4 is 46.0 Å². The standard InChI is InChI=1S/C24H29N7O7/c1-31(2,3)13-22(32)29-28-20(24(34)26-17-9-7-15(37-4)11-21(17)38-5)12-19-23(33)27-18-10-14(30(35)36)6-8-16(18)25-19/h6-11,23,27,33H,12-13H2,1-5H3,(H-,26,29,32,34)/p+1/t23-/m0/s1. The highest BCUT2D eigenvalue weighted by atomic mass is 16.6. The molecule has 202 valence electrons. The second kappa shape index (κ2) is 11.7. The number of aliphatic imine (C=N–C) groups is 1. The lowest BCUT2D eigenvalue weighted by molar-refractivity contribution is -0.862. The highest BCUT2D eigenvalue weighted by Crippen LogP contribution is 2.33. The first kappa shape index (κ1) is 28.0. The molecule has 2 aromatic rings. The Hall–Kier alpha value is -4.56. The van der Waals surface area contributed by atoms with Gasteiger partial charge in [0.25, 0.3) is 17.5 Å². The van der Waals surface area contributed by atoms with Gasteiger partial charge in [-0.25, -0.2) is 5.43 Å². The fourth-order valence-corrected chi connectivity index (χ4v) is 3.47. The number of benzene rings is 2. The number of hydrazone groups is 1.